The van der Waals surface area contributed by atoms with E-state index in [0.29, 0.717) is 0 Å². The van der Waals surface area contributed by atoms with Crippen LogP contribution in [0.15, 0.2) is 4.99 Å². The van der Waals surface area contributed by atoms with E-state index in [4.69, 9.17) is 10.5 Å². The van der Waals surface area contributed by atoms with E-state index in [0.717, 1.165) is 12.1 Å². The zero-order chi connectivity index (χ0) is 9.35. The predicted octanol–water partition coefficient (Wildman–Crippen LogP) is 0.249. The molecule has 2 unspecified atom stereocenters. The normalized spacial score (nSPS) is 29.1. The lowest BCUT2D eigenvalue weighted by atomic mass is 10.2. The topological polar surface area (TPSA) is 67.8 Å². The first-order valence-electron chi connectivity index (χ1n) is 4.06. The summed E-state index contributed by atoms with van der Waals surface area (Å²) in [6.45, 7) is 5.59. The highest BCUT2D eigenvalue weighted by atomic mass is 16.6. The van der Waals surface area contributed by atoms with Crippen LogP contribution < -0.4 is 5.73 Å². The van der Waals surface area contributed by atoms with Crippen molar-refractivity contribution in [2.75, 3.05) is 0 Å². The Labute approximate surface area is 72.4 Å². The molecule has 70 valence electrons. The summed E-state index contributed by atoms with van der Waals surface area (Å²) in [6.07, 6.45) is -0.279. The number of hydrogen-bond donors (Lipinski definition) is 2. The first-order valence-corrected chi connectivity index (χ1v) is 4.06. The molecule has 1 rings (SSSR count). The van der Waals surface area contributed by atoms with Gasteiger partial charge in [-0.25, -0.2) is 4.99 Å². The molecular formula is C8H16N2O2. The molecule has 3 N–H and O–H groups in total. The van der Waals surface area contributed by atoms with E-state index in [1.165, 1.54) is 0 Å². The molecule has 0 aromatic carbocycles. The molecule has 0 bridgehead atoms. The second-order valence-corrected chi connectivity index (χ2v) is 3.99. The monoisotopic (exact) mass is 172 g/mol. The fourth-order valence-electron chi connectivity index (χ4n) is 0.799. The quantitative estimate of drug-likeness (QED) is 0.587. The molecule has 1 fully saturated rings. The molecule has 2 atom stereocenters. The highest BCUT2D eigenvalue weighted by Gasteiger charge is 2.29. The predicted molar refractivity (Wildman–Crippen MR) is 46.9 cm³/mol. The Kier molecular flexibility index (Phi) is 2.51. The Bertz CT molecular complexity index is 196. The fourth-order valence-corrected chi connectivity index (χ4v) is 0.799. The number of aliphatic hydroxyl groups is 1. The first kappa shape index (κ1) is 9.64. The molecule has 0 aromatic rings. The van der Waals surface area contributed by atoms with Crippen molar-refractivity contribution in [2.45, 2.75) is 45.2 Å². The molecular weight excluding hydrogens is 156 g/mol. The molecule has 0 radical (unpaired) electrons. The van der Waals surface area contributed by atoms with Crippen molar-refractivity contribution in [2.24, 2.45) is 10.7 Å². The summed E-state index contributed by atoms with van der Waals surface area (Å²) in [7, 11) is 0. The molecule has 0 aliphatic heterocycles. The Morgan fingerprint density at radius 1 is 1.67 bits per heavy atom. The van der Waals surface area contributed by atoms with Crippen molar-refractivity contribution >= 4 is 5.71 Å². The number of hydrogen-bond acceptors (Lipinski definition) is 4. The Hall–Kier alpha value is -0.450. The largest absolute Gasteiger partial charge is 0.350 e. The second kappa shape index (κ2) is 3.12. The minimum absolute atomic E-state index is 0.0446. The Morgan fingerprint density at radius 2 is 2.17 bits per heavy atom. The van der Waals surface area contributed by atoms with Gasteiger partial charge >= 0.3 is 0 Å². The van der Waals surface area contributed by atoms with Crippen LogP contribution in [0.2, 0.25) is 0 Å². The molecule has 0 spiro atoms. The third-order valence-corrected chi connectivity index (χ3v) is 1.43. The molecule has 0 saturated heterocycles. The highest BCUT2D eigenvalue weighted by molar-refractivity contribution is 6.04. The van der Waals surface area contributed by atoms with E-state index in [9.17, 15) is 5.11 Å². The molecule has 12 heavy (non-hydrogen) atoms. The molecule has 0 heterocycles. The SMILES string of the molecule is CC(C)(C)OC(O)N=C1CC1N. The van der Waals surface area contributed by atoms with Crippen molar-refractivity contribution in [3.8, 4) is 0 Å². The zero-order valence-electron chi connectivity index (χ0n) is 7.74. The smallest absolute Gasteiger partial charge is 0.256 e. The summed E-state index contributed by atoms with van der Waals surface area (Å²) in [4.78, 5) is 3.88. The summed E-state index contributed by atoms with van der Waals surface area (Å²) in [5.74, 6) is 0. The molecule has 1 saturated carbocycles. The Morgan fingerprint density at radius 3 is 2.50 bits per heavy atom. The lowest BCUT2D eigenvalue weighted by molar-refractivity contribution is -0.159. The maximum atomic E-state index is 9.25. The van der Waals surface area contributed by atoms with Gasteiger partial charge < -0.3 is 15.6 Å². The average molecular weight is 172 g/mol. The van der Waals surface area contributed by atoms with Crippen LogP contribution >= 0.6 is 0 Å². The average Bonchev–Trinajstić information content (AvgIpc) is 2.40. The van der Waals surface area contributed by atoms with Crippen molar-refractivity contribution in [1.29, 1.82) is 0 Å². The van der Waals surface area contributed by atoms with Crippen molar-refractivity contribution < 1.29 is 9.84 Å². The van der Waals surface area contributed by atoms with Gasteiger partial charge in [0.05, 0.1) is 5.60 Å². The van der Waals surface area contributed by atoms with E-state index in [-0.39, 0.29) is 11.6 Å². The number of nitrogens with zero attached hydrogens (tertiary/aromatic N) is 1. The summed E-state index contributed by atoms with van der Waals surface area (Å²) in [6, 6.07) is 0.0446. The summed E-state index contributed by atoms with van der Waals surface area (Å²) < 4.78 is 5.15. The van der Waals surface area contributed by atoms with E-state index < -0.39 is 6.41 Å². The van der Waals surface area contributed by atoms with E-state index in [1.807, 2.05) is 20.8 Å². The molecule has 4 heteroatoms. The van der Waals surface area contributed by atoms with Gasteiger partial charge in [0.2, 0.25) is 0 Å². The third-order valence-electron chi connectivity index (χ3n) is 1.43. The highest BCUT2D eigenvalue weighted by Crippen LogP contribution is 2.17. The lowest BCUT2D eigenvalue weighted by Gasteiger charge is -2.21. The second-order valence-electron chi connectivity index (χ2n) is 3.99. The van der Waals surface area contributed by atoms with Gasteiger partial charge in [0, 0.05) is 18.2 Å². The van der Waals surface area contributed by atoms with Gasteiger partial charge in [-0.3, -0.25) is 0 Å². The Balaban J connectivity index is 2.35. The number of rotatable bonds is 2. The molecule has 4 nitrogen and oxygen atoms in total. The van der Waals surface area contributed by atoms with Crippen molar-refractivity contribution in [3.63, 3.8) is 0 Å². The lowest BCUT2D eigenvalue weighted by Crippen LogP contribution is -2.26. The van der Waals surface area contributed by atoms with Gasteiger partial charge in [0.1, 0.15) is 0 Å². The van der Waals surface area contributed by atoms with Crippen LogP contribution in [-0.2, 0) is 4.74 Å². The summed E-state index contributed by atoms with van der Waals surface area (Å²) in [5.41, 5.74) is 5.95. The molecule has 1 aliphatic carbocycles. The van der Waals surface area contributed by atoms with Crippen molar-refractivity contribution in [1.82, 2.24) is 0 Å². The minimum Gasteiger partial charge on any atom is -0.350 e. The van der Waals surface area contributed by atoms with Crippen LogP contribution in [-0.4, -0.2) is 28.9 Å². The van der Waals surface area contributed by atoms with Gasteiger partial charge in [-0.05, 0) is 20.8 Å². The van der Waals surface area contributed by atoms with E-state index in [2.05, 4.69) is 4.99 Å². The number of ether oxygens (including phenoxy) is 1. The fraction of sp³-hybridized carbons (Fsp3) is 0.875. The number of aliphatic hydroxyl groups excluding tert-OH is 1. The molecule has 0 aromatic heterocycles. The standard InChI is InChI=1S/C8H16N2O2/c1-8(2,3)12-7(11)10-6-4-5(6)9/h5,7,11H,4,9H2,1-3H3. The van der Waals surface area contributed by atoms with Gasteiger partial charge in [0.15, 0.2) is 0 Å². The van der Waals surface area contributed by atoms with Gasteiger partial charge in [-0.1, -0.05) is 0 Å². The van der Waals surface area contributed by atoms with Crippen molar-refractivity contribution in [3.05, 3.63) is 0 Å². The van der Waals surface area contributed by atoms with E-state index >= 15 is 0 Å². The maximum Gasteiger partial charge on any atom is 0.256 e. The van der Waals surface area contributed by atoms with Crippen LogP contribution in [0.25, 0.3) is 0 Å². The summed E-state index contributed by atoms with van der Waals surface area (Å²) >= 11 is 0. The van der Waals surface area contributed by atoms with Gasteiger partial charge in [-0.15, -0.1) is 0 Å². The van der Waals surface area contributed by atoms with Crippen LogP contribution in [0.4, 0.5) is 0 Å². The minimum atomic E-state index is -1.06. The summed E-state index contributed by atoms with van der Waals surface area (Å²) in [5, 5.41) is 9.25. The maximum absolute atomic E-state index is 9.25. The third kappa shape index (κ3) is 3.30. The number of aliphatic imine (C=N–C) groups is 1. The van der Waals surface area contributed by atoms with Crippen LogP contribution in [0.1, 0.15) is 27.2 Å². The first-order chi connectivity index (χ1) is 5.38. The van der Waals surface area contributed by atoms with E-state index in [1.54, 1.807) is 0 Å². The molecule has 0 amide bonds. The molecule has 1 aliphatic rings. The van der Waals surface area contributed by atoms with Gasteiger partial charge in [-0.2, -0.15) is 0 Å². The number of nitrogens with two attached hydrogens (primary N) is 1. The van der Waals surface area contributed by atoms with Gasteiger partial charge in [0.25, 0.3) is 6.41 Å². The van der Waals surface area contributed by atoms with Crippen LogP contribution in [0.3, 0.4) is 0 Å². The van der Waals surface area contributed by atoms with Crippen LogP contribution in [0, 0.1) is 0 Å². The van der Waals surface area contributed by atoms with Crippen LogP contribution in [0.5, 0.6) is 0 Å². The zero-order valence-corrected chi connectivity index (χ0v) is 7.74.